The molecule has 1 amide bonds. The predicted octanol–water partition coefficient (Wildman–Crippen LogP) is 6.24. The molecule has 1 unspecified atom stereocenters. The van der Waals surface area contributed by atoms with E-state index in [0.29, 0.717) is 18.1 Å². The number of pyridine rings is 1. The van der Waals surface area contributed by atoms with Crippen molar-refractivity contribution >= 4 is 74.4 Å². The lowest BCUT2D eigenvalue weighted by molar-refractivity contribution is -0.117. The molecule has 2 N–H and O–H groups in total. The Morgan fingerprint density at radius 1 is 1.18 bits per heavy atom. The Bertz CT molecular complexity index is 1190. The van der Waals surface area contributed by atoms with E-state index in [4.69, 9.17) is 14.7 Å². The lowest BCUT2D eigenvalue weighted by Crippen LogP contribution is -2.15. The number of fused-ring (bicyclic) bond motifs is 1. The van der Waals surface area contributed by atoms with Crippen LogP contribution in [-0.4, -0.2) is 39.7 Å². The Kier molecular flexibility index (Phi) is 7.11. The van der Waals surface area contributed by atoms with E-state index in [0.717, 1.165) is 67.3 Å². The first-order chi connectivity index (χ1) is 16.1. The minimum atomic E-state index is 0.0538. The van der Waals surface area contributed by atoms with Gasteiger partial charge in [-0.1, -0.05) is 6.07 Å². The number of benzene rings is 1. The maximum atomic E-state index is 12.4. The van der Waals surface area contributed by atoms with E-state index < -0.39 is 0 Å². The Balaban J connectivity index is 1.51. The summed E-state index contributed by atoms with van der Waals surface area (Å²) < 4.78 is 7.63. The Morgan fingerprint density at radius 2 is 1.97 bits per heavy atom. The molecule has 1 aliphatic carbocycles. The molecule has 0 bridgehead atoms. The molecule has 5 rings (SSSR count). The maximum absolute atomic E-state index is 12.4. The Morgan fingerprint density at radius 3 is 2.67 bits per heavy atom. The molecule has 1 aromatic carbocycles. The molecule has 33 heavy (non-hydrogen) atoms. The van der Waals surface area contributed by atoms with Gasteiger partial charge in [0.15, 0.2) is 5.65 Å². The molecule has 3 heterocycles. The summed E-state index contributed by atoms with van der Waals surface area (Å²) in [6, 6.07) is 8.59. The fraction of sp³-hybridized carbons (Fsp3) is 0.435. The molecule has 1 aliphatic heterocycles. The van der Waals surface area contributed by atoms with Gasteiger partial charge < -0.3 is 15.4 Å². The van der Waals surface area contributed by atoms with Crippen molar-refractivity contribution in [2.45, 2.75) is 43.4 Å². The van der Waals surface area contributed by atoms with E-state index in [1.54, 1.807) is 11.8 Å². The van der Waals surface area contributed by atoms with Crippen molar-refractivity contribution in [2.75, 3.05) is 30.1 Å². The van der Waals surface area contributed by atoms with E-state index >= 15 is 0 Å². The molecular formula is C23H27IN5O2PS. The molecule has 0 spiro atoms. The van der Waals surface area contributed by atoms with Gasteiger partial charge in [0.1, 0.15) is 17.2 Å². The lowest BCUT2D eigenvalue weighted by Gasteiger charge is -2.23. The standard InChI is InChI=1S/C23H27IN5O2PS/c1-13-25-21-18(12-20(27-22(21)29(13)32-24)28-23(30)15-3-4-15)26-17-6-5-16(11-19(17)33-2)14-7-9-31-10-8-14/h5-6,11-12,14-15,32H,3-4,7-10H2,1-2H3,(H2,26,27,28,30). The molecule has 2 aliphatic rings. The summed E-state index contributed by atoms with van der Waals surface area (Å²) in [5, 5.41) is 6.62. The summed E-state index contributed by atoms with van der Waals surface area (Å²) in [6.07, 6.45) is 6.65. The third-order valence-electron chi connectivity index (χ3n) is 6.25. The number of aryl methyl sites for hydroxylation is 1. The molecule has 2 aromatic heterocycles. The molecule has 1 atom stereocenters. The Hall–Kier alpha value is -1.42. The SMILES string of the molecule is CSc1cc(C2CCOCC2)ccc1Nc1cc(NC(=O)C2CC2)nc2c1nc(C)n2PI. The lowest BCUT2D eigenvalue weighted by atomic mass is 9.91. The highest BCUT2D eigenvalue weighted by Crippen LogP contribution is 2.39. The average Bonchev–Trinajstić information content (AvgIpc) is 3.63. The van der Waals surface area contributed by atoms with E-state index in [1.165, 1.54) is 10.5 Å². The van der Waals surface area contributed by atoms with Crippen molar-refractivity contribution in [1.29, 1.82) is 0 Å². The molecule has 174 valence electrons. The second kappa shape index (κ2) is 10.1. The van der Waals surface area contributed by atoms with Crippen molar-refractivity contribution in [2.24, 2.45) is 5.92 Å². The quantitative estimate of drug-likeness (QED) is 0.191. The number of rotatable bonds is 7. The average molecular weight is 595 g/mol. The Labute approximate surface area is 212 Å². The van der Waals surface area contributed by atoms with Crippen molar-refractivity contribution in [3.05, 3.63) is 35.7 Å². The van der Waals surface area contributed by atoms with Crippen LogP contribution in [0, 0.1) is 12.8 Å². The third kappa shape index (κ3) is 5.01. The molecule has 10 heteroatoms. The van der Waals surface area contributed by atoms with Gasteiger partial charge in [-0.2, -0.15) is 0 Å². The van der Waals surface area contributed by atoms with Gasteiger partial charge in [-0.05, 0) is 84.5 Å². The number of aromatic nitrogens is 3. The zero-order chi connectivity index (χ0) is 22.9. The van der Waals surface area contributed by atoms with Crippen LogP contribution in [0.5, 0.6) is 0 Å². The van der Waals surface area contributed by atoms with Gasteiger partial charge in [-0.3, -0.25) is 9.13 Å². The largest absolute Gasteiger partial charge is 0.381 e. The van der Waals surface area contributed by atoms with Crippen LogP contribution in [0.4, 0.5) is 17.2 Å². The number of halogens is 1. The van der Waals surface area contributed by atoms with Crippen LogP contribution in [0.15, 0.2) is 29.2 Å². The predicted molar refractivity (Wildman–Crippen MR) is 146 cm³/mol. The highest BCUT2D eigenvalue weighted by atomic mass is 127. The summed E-state index contributed by atoms with van der Waals surface area (Å²) >= 11 is 4.08. The van der Waals surface area contributed by atoms with Crippen LogP contribution in [0.25, 0.3) is 11.2 Å². The first-order valence-electron chi connectivity index (χ1n) is 11.2. The molecule has 7 nitrogen and oxygen atoms in total. The number of carbonyl (C=O) groups is 1. The number of nitrogens with zero attached hydrogens (tertiary/aromatic N) is 3. The van der Waals surface area contributed by atoms with Gasteiger partial charge in [-0.15, -0.1) is 11.8 Å². The zero-order valence-corrected chi connectivity index (χ0v) is 22.6. The van der Waals surface area contributed by atoms with Crippen molar-refractivity contribution in [3.8, 4) is 0 Å². The van der Waals surface area contributed by atoms with Gasteiger partial charge >= 0.3 is 0 Å². The molecule has 1 saturated carbocycles. The van der Waals surface area contributed by atoms with E-state index in [1.807, 2.05) is 13.0 Å². The van der Waals surface area contributed by atoms with Gasteiger partial charge in [0.25, 0.3) is 0 Å². The smallest absolute Gasteiger partial charge is 0.228 e. The first kappa shape index (κ1) is 23.3. The van der Waals surface area contributed by atoms with Crippen molar-refractivity contribution in [1.82, 2.24) is 14.3 Å². The number of ether oxygens (including phenoxy) is 1. The van der Waals surface area contributed by atoms with Crippen LogP contribution < -0.4 is 10.6 Å². The van der Waals surface area contributed by atoms with Crippen LogP contribution in [0.1, 0.15) is 43.0 Å². The second-order valence-corrected chi connectivity index (χ2v) is 11.5. The summed E-state index contributed by atoms with van der Waals surface area (Å²) in [7, 11) is 0. The van der Waals surface area contributed by atoms with Gasteiger partial charge in [0.2, 0.25) is 5.91 Å². The maximum Gasteiger partial charge on any atom is 0.228 e. The minimum absolute atomic E-state index is 0.0538. The van der Waals surface area contributed by atoms with Crippen molar-refractivity contribution in [3.63, 3.8) is 0 Å². The van der Waals surface area contributed by atoms with E-state index in [2.05, 4.69) is 61.5 Å². The number of imidazole rings is 1. The number of thioether (sulfide) groups is 1. The third-order valence-corrected chi connectivity index (χ3v) is 9.18. The second-order valence-electron chi connectivity index (χ2n) is 8.54. The molecular weight excluding hydrogens is 568 g/mol. The summed E-state index contributed by atoms with van der Waals surface area (Å²) in [6.45, 7) is 3.67. The summed E-state index contributed by atoms with van der Waals surface area (Å²) in [5.74, 6) is 2.22. The fourth-order valence-electron chi connectivity index (χ4n) is 4.23. The fourth-order valence-corrected chi connectivity index (χ4v) is 6.97. The van der Waals surface area contributed by atoms with E-state index in [-0.39, 0.29) is 11.8 Å². The molecule has 2 fully saturated rings. The van der Waals surface area contributed by atoms with Gasteiger partial charge in [0, 0.05) is 30.1 Å². The summed E-state index contributed by atoms with van der Waals surface area (Å²) in [5.41, 5.74) is 4.88. The number of carbonyl (C=O) groups excluding carboxylic acids is 1. The summed E-state index contributed by atoms with van der Waals surface area (Å²) in [4.78, 5) is 23.2. The monoisotopic (exact) mass is 595 g/mol. The van der Waals surface area contributed by atoms with E-state index in [9.17, 15) is 4.79 Å². The van der Waals surface area contributed by atoms with Crippen LogP contribution in [0.3, 0.4) is 0 Å². The van der Waals surface area contributed by atoms with Gasteiger partial charge in [0.05, 0.1) is 17.7 Å². The number of nitrogens with one attached hydrogen (secondary N) is 2. The number of anilines is 3. The highest BCUT2D eigenvalue weighted by Gasteiger charge is 2.30. The van der Waals surface area contributed by atoms with Crippen molar-refractivity contribution < 1.29 is 9.53 Å². The first-order valence-corrected chi connectivity index (χ1v) is 16.5. The zero-order valence-electron chi connectivity index (χ0n) is 18.7. The minimum Gasteiger partial charge on any atom is -0.381 e. The topological polar surface area (TPSA) is 81.1 Å². The molecule has 3 aromatic rings. The van der Waals surface area contributed by atoms with Gasteiger partial charge in [-0.25, -0.2) is 9.97 Å². The number of hydrogen-bond donors (Lipinski definition) is 2. The highest BCUT2D eigenvalue weighted by molar-refractivity contribution is 14.2. The normalized spacial score (nSPS) is 17.2. The molecule has 1 saturated heterocycles. The number of hydrogen-bond acceptors (Lipinski definition) is 6. The van der Waals surface area contributed by atoms with Crippen LogP contribution in [0.2, 0.25) is 0 Å². The molecule has 0 radical (unpaired) electrons. The number of amides is 1. The van der Waals surface area contributed by atoms with Crippen LogP contribution in [-0.2, 0) is 9.53 Å². The van der Waals surface area contributed by atoms with Crippen LogP contribution >= 0.6 is 40.2 Å².